The Morgan fingerprint density at radius 2 is 2.11 bits per heavy atom. The topological polar surface area (TPSA) is 64.3 Å². The number of hydrogen-bond donors (Lipinski definition) is 2. The molecule has 0 aliphatic carbocycles. The highest BCUT2D eigenvalue weighted by Crippen LogP contribution is 2.24. The molecular weight excluding hydrogens is 247 g/mol. The van der Waals surface area contributed by atoms with Crippen molar-refractivity contribution in [3.05, 3.63) is 29.6 Å². The number of nitrogens with two attached hydrogens (primary N) is 1. The van der Waals surface area contributed by atoms with E-state index in [4.69, 9.17) is 10.5 Å². The van der Waals surface area contributed by atoms with E-state index in [1.807, 2.05) is 13.8 Å². The Bertz CT molecular complexity index is 433. The van der Waals surface area contributed by atoms with Gasteiger partial charge in [-0.3, -0.25) is 4.79 Å². The summed E-state index contributed by atoms with van der Waals surface area (Å²) in [6.07, 6.45) is 0. The standard InChI is InChI=1S/C14H21FN2O2/c1-9(2)7-17-14(18)8-19-13-6-11(15)4-5-12(13)10(3)16/h4-6,9-10H,7-8,16H2,1-3H3,(H,17,18)/t10-/m1/s1. The Balaban J connectivity index is 2.61. The lowest BCUT2D eigenvalue weighted by molar-refractivity contribution is -0.123. The second-order valence-electron chi connectivity index (χ2n) is 4.96. The van der Waals surface area contributed by atoms with Gasteiger partial charge in [-0.1, -0.05) is 19.9 Å². The Hall–Kier alpha value is -1.62. The number of hydrogen-bond acceptors (Lipinski definition) is 3. The number of benzene rings is 1. The molecule has 0 spiro atoms. The maximum absolute atomic E-state index is 13.2. The molecule has 5 heteroatoms. The zero-order chi connectivity index (χ0) is 14.4. The van der Waals surface area contributed by atoms with E-state index in [2.05, 4.69) is 5.32 Å². The van der Waals surface area contributed by atoms with E-state index in [-0.39, 0.29) is 18.6 Å². The molecule has 0 unspecified atom stereocenters. The summed E-state index contributed by atoms with van der Waals surface area (Å²) in [6.45, 7) is 6.23. The van der Waals surface area contributed by atoms with Crippen molar-refractivity contribution in [1.29, 1.82) is 0 Å². The first kappa shape index (κ1) is 15.4. The van der Waals surface area contributed by atoms with Crippen molar-refractivity contribution in [1.82, 2.24) is 5.32 Å². The van der Waals surface area contributed by atoms with Crippen molar-refractivity contribution in [2.24, 2.45) is 11.7 Å². The molecule has 1 aromatic rings. The van der Waals surface area contributed by atoms with Gasteiger partial charge in [0.2, 0.25) is 0 Å². The molecule has 0 heterocycles. The summed E-state index contributed by atoms with van der Waals surface area (Å²) in [6, 6.07) is 3.86. The highest BCUT2D eigenvalue weighted by Gasteiger charge is 2.11. The fourth-order valence-electron chi connectivity index (χ4n) is 1.52. The average Bonchev–Trinajstić information content (AvgIpc) is 2.33. The van der Waals surface area contributed by atoms with Crippen molar-refractivity contribution < 1.29 is 13.9 Å². The van der Waals surface area contributed by atoms with E-state index in [1.54, 1.807) is 13.0 Å². The van der Waals surface area contributed by atoms with Gasteiger partial charge in [-0.05, 0) is 18.9 Å². The van der Waals surface area contributed by atoms with Crippen LogP contribution in [0.4, 0.5) is 4.39 Å². The second kappa shape index (κ2) is 7.09. The first-order valence-corrected chi connectivity index (χ1v) is 6.34. The summed E-state index contributed by atoms with van der Waals surface area (Å²) >= 11 is 0. The van der Waals surface area contributed by atoms with Gasteiger partial charge in [0.05, 0.1) is 0 Å². The van der Waals surface area contributed by atoms with Crippen molar-refractivity contribution in [3.63, 3.8) is 0 Å². The third-order valence-electron chi connectivity index (χ3n) is 2.53. The minimum Gasteiger partial charge on any atom is -0.483 e. The van der Waals surface area contributed by atoms with Crippen LogP contribution in [0.2, 0.25) is 0 Å². The van der Waals surface area contributed by atoms with Gasteiger partial charge in [-0.15, -0.1) is 0 Å². The molecule has 1 amide bonds. The summed E-state index contributed by atoms with van der Waals surface area (Å²) in [4.78, 5) is 11.5. The molecule has 1 atom stereocenters. The largest absolute Gasteiger partial charge is 0.483 e. The van der Waals surface area contributed by atoms with Crippen molar-refractivity contribution in [3.8, 4) is 5.75 Å². The second-order valence-corrected chi connectivity index (χ2v) is 4.96. The zero-order valence-corrected chi connectivity index (χ0v) is 11.6. The highest BCUT2D eigenvalue weighted by atomic mass is 19.1. The molecule has 19 heavy (non-hydrogen) atoms. The third kappa shape index (κ3) is 5.26. The van der Waals surface area contributed by atoms with Crippen LogP contribution in [0.15, 0.2) is 18.2 Å². The van der Waals surface area contributed by atoms with Crippen molar-refractivity contribution >= 4 is 5.91 Å². The molecule has 4 nitrogen and oxygen atoms in total. The summed E-state index contributed by atoms with van der Waals surface area (Å²) in [5, 5.41) is 2.73. The third-order valence-corrected chi connectivity index (χ3v) is 2.53. The van der Waals surface area contributed by atoms with Crippen molar-refractivity contribution in [2.75, 3.05) is 13.2 Å². The van der Waals surface area contributed by atoms with Crippen molar-refractivity contribution in [2.45, 2.75) is 26.8 Å². The Morgan fingerprint density at radius 3 is 2.68 bits per heavy atom. The molecule has 0 radical (unpaired) electrons. The van der Waals surface area contributed by atoms with Crippen LogP contribution in [-0.2, 0) is 4.79 Å². The van der Waals surface area contributed by atoms with Crippen LogP contribution in [0.1, 0.15) is 32.4 Å². The average molecular weight is 268 g/mol. The summed E-state index contributed by atoms with van der Waals surface area (Å²) in [7, 11) is 0. The Kier molecular flexibility index (Phi) is 5.76. The van der Waals surface area contributed by atoms with Crippen LogP contribution >= 0.6 is 0 Å². The molecule has 106 valence electrons. The lowest BCUT2D eigenvalue weighted by Gasteiger charge is -2.14. The number of amides is 1. The predicted molar refractivity (Wildman–Crippen MR) is 72.3 cm³/mol. The SMILES string of the molecule is CC(C)CNC(=O)COc1cc(F)ccc1[C@@H](C)N. The smallest absolute Gasteiger partial charge is 0.257 e. The van der Waals surface area contributed by atoms with Crippen LogP contribution in [0.3, 0.4) is 0 Å². The number of nitrogens with one attached hydrogen (secondary N) is 1. The fourth-order valence-corrected chi connectivity index (χ4v) is 1.52. The normalized spacial score (nSPS) is 12.3. The van der Waals surface area contributed by atoms with Gasteiger partial charge >= 0.3 is 0 Å². The fraction of sp³-hybridized carbons (Fsp3) is 0.500. The molecule has 0 aliphatic rings. The van der Waals surface area contributed by atoms with Crippen LogP contribution in [0.25, 0.3) is 0 Å². The number of carbonyl (C=O) groups excluding carboxylic acids is 1. The summed E-state index contributed by atoms with van der Waals surface area (Å²) in [5.41, 5.74) is 6.45. The highest BCUT2D eigenvalue weighted by molar-refractivity contribution is 5.77. The van der Waals surface area contributed by atoms with Gasteiger partial charge in [0.15, 0.2) is 6.61 Å². The Morgan fingerprint density at radius 1 is 1.42 bits per heavy atom. The lowest BCUT2D eigenvalue weighted by Crippen LogP contribution is -2.32. The van der Waals surface area contributed by atoms with Gasteiger partial charge in [0.25, 0.3) is 5.91 Å². The summed E-state index contributed by atoms with van der Waals surface area (Å²) in [5.74, 6) is 0.0445. The molecule has 0 saturated heterocycles. The predicted octanol–water partition coefficient (Wildman–Crippen LogP) is 2.00. The van der Waals surface area contributed by atoms with Gasteiger partial charge in [0, 0.05) is 24.2 Å². The Labute approximate surface area is 113 Å². The zero-order valence-electron chi connectivity index (χ0n) is 11.6. The number of carbonyl (C=O) groups is 1. The van der Waals surface area contributed by atoms with E-state index < -0.39 is 5.82 Å². The quantitative estimate of drug-likeness (QED) is 0.829. The maximum atomic E-state index is 13.2. The van der Waals surface area contributed by atoms with Gasteiger partial charge in [-0.25, -0.2) is 4.39 Å². The molecule has 1 rings (SSSR count). The molecular formula is C14H21FN2O2. The molecule has 0 saturated carbocycles. The molecule has 0 fully saturated rings. The van der Waals surface area contributed by atoms with Crippen LogP contribution < -0.4 is 15.8 Å². The van der Waals surface area contributed by atoms with E-state index in [0.717, 1.165) is 0 Å². The van der Waals surface area contributed by atoms with E-state index in [1.165, 1.54) is 12.1 Å². The van der Waals surface area contributed by atoms with E-state index >= 15 is 0 Å². The monoisotopic (exact) mass is 268 g/mol. The first-order chi connectivity index (χ1) is 8.90. The first-order valence-electron chi connectivity index (χ1n) is 6.34. The molecule has 0 aliphatic heterocycles. The molecule has 3 N–H and O–H groups in total. The maximum Gasteiger partial charge on any atom is 0.257 e. The minimum atomic E-state index is -0.415. The van der Waals surface area contributed by atoms with Gasteiger partial charge in [0.1, 0.15) is 11.6 Å². The van der Waals surface area contributed by atoms with Gasteiger partial charge < -0.3 is 15.8 Å². The summed E-state index contributed by atoms with van der Waals surface area (Å²) < 4.78 is 18.5. The van der Waals surface area contributed by atoms with E-state index in [0.29, 0.717) is 23.8 Å². The minimum absolute atomic E-state index is 0.143. The number of ether oxygens (including phenoxy) is 1. The van der Waals surface area contributed by atoms with E-state index in [9.17, 15) is 9.18 Å². The van der Waals surface area contributed by atoms with Crippen LogP contribution in [-0.4, -0.2) is 19.1 Å². The molecule has 0 aromatic heterocycles. The van der Waals surface area contributed by atoms with Crippen LogP contribution in [0.5, 0.6) is 5.75 Å². The van der Waals surface area contributed by atoms with Crippen LogP contribution in [0, 0.1) is 11.7 Å². The molecule has 1 aromatic carbocycles. The lowest BCUT2D eigenvalue weighted by atomic mass is 10.1. The molecule has 0 bridgehead atoms. The number of halogens is 1. The number of rotatable bonds is 6. The van der Waals surface area contributed by atoms with Gasteiger partial charge in [-0.2, -0.15) is 0 Å².